The van der Waals surface area contributed by atoms with Gasteiger partial charge < -0.3 is 10.1 Å². The Morgan fingerprint density at radius 3 is 2.43 bits per heavy atom. The van der Waals surface area contributed by atoms with Gasteiger partial charge in [0.25, 0.3) is 0 Å². The fraction of sp³-hybridized carbons (Fsp3) is 0.562. The normalized spacial score (nSPS) is 19.0. The molecule has 1 N–H and O–H groups in total. The third-order valence-corrected chi connectivity index (χ3v) is 4.63. The monoisotopic (exact) mass is 354 g/mol. The fourth-order valence-corrected chi connectivity index (χ4v) is 3.29. The number of piperazine rings is 1. The summed E-state index contributed by atoms with van der Waals surface area (Å²) in [5.74, 6) is -0.142. The molecule has 1 unspecified atom stereocenters. The zero-order valence-electron chi connectivity index (χ0n) is 12.7. The first-order valence-corrected chi connectivity index (χ1v) is 8.33. The summed E-state index contributed by atoms with van der Waals surface area (Å²) in [6, 6.07) is 8.02. The van der Waals surface area contributed by atoms with Crippen LogP contribution in [0.1, 0.15) is 25.8 Å². The summed E-state index contributed by atoms with van der Waals surface area (Å²) in [7, 11) is 0. The van der Waals surface area contributed by atoms with Crippen LogP contribution in [0.4, 0.5) is 0 Å². The minimum atomic E-state index is -0.682. The summed E-state index contributed by atoms with van der Waals surface area (Å²) < 4.78 is 6.44. The molecule has 1 saturated heterocycles. The smallest absolute Gasteiger partial charge is 0.331 e. The minimum Gasteiger partial charge on any atom is -0.464 e. The second kappa shape index (κ2) is 7.38. The summed E-state index contributed by atoms with van der Waals surface area (Å²) in [6.07, 6.45) is 0.702. The van der Waals surface area contributed by atoms with Crippen LogP contribution in [0.3, 0.4) is 0 Å². The van der Waals surface area contributed by atoms with Crippen molar-refractivity contribution in [3.8, 4) is 0 Å². The number of nitrogens with zero attached hydrogens (tertiary/aromatic N) is 1. The van der Waals surface area contributed by atoms with Gasteiger partial charge in [0.1, 0.15) is 5.54 Å². The lowest BCUT2D eigenvalue weighted by Crippen LogP contribution is -2.58. The Balaban J connectivity index is 2.44. The number of halogens is 1. The Kier molecular flexibility index (Phi) is 5.79. The standard InChI is InChI=1S/C16H23BrN2O2/c1-3-16(15(20)21-4-2,19-11-9-18-10-12-19)13-5-7-14(17)8-6-13/h5-8,18H,3-4,9-12H2,1-2H3. The predicted octanol–water partition coefficient (Wildman–Crippen LogP) is 2.52. The van der Waals surface area contributed by atoms with Crippen LogP contribution in [0.5, 0.6) is 0 Å². The van der Waals surface area contributed by atoms with Crippen molar-refractivity contribution in [2.75, 3.05) is 32.8 Å². The van der Waals surface area contributed by atoms with Crippen LogP contribution in [0.2, 0.25) is 0 Å². The number of benzene rings is 1. The first-order chi connectivity index (χ1) is 10.1. The van der Waals surface area contributed by atoms with Gasteiger partial charge >= 0.3 is 5.97 Å². The Morgan fingerprint density at radius 1 is 1.29 bits per heavy atom. The number of hydrogen-bond acceptors (Lipinski definition) is 4. The molecule has 1 aliphatic heterocycles. The zero-order chi connectivity index (χ0) is 15.3. The highest BCUT2D eigenvalue weighted by Gasteiger charge is 2.45. The molecule has 0 spiro atoms. The Bertz CT molecular complexity index is 472. The highest BCUT2D eigenvalue weighted by Crippen LogP contribution is 2.34. The molecule has 1 fully saturated rings. The van der Waals surface area contributed by atoms with Crippen molar-refractivity contribution in [3.05, 3.63) is 34.3 Å². The SMILES string of the molecule is CCOC(=O)C(CC)(c1ccc(Br)cc1)N1CCNCC1. The summed E-state index contributed by atoms with van der Waals surface area (Å²) in [4.78, 5) is 15.0. The first-order valence-electron chi connectivity index (χ1n) is 7.54. The van der Waals surface area contributed by atoms with E-state index in [0.29, 0.717) is 13.0 Å². The Morgan fingerprint density at radius 2 is 1.90 bits per heavy atom. The van der Waals surface area contributed by atoms with Crippen LogP contribution in [-0.4, -0.2) is 43.7 Å². The number of rotatable bonds is 5. The number of esters is 1. The van der Waals surface area contributed by atoms with Gasteiger partial charge in [0.2, 0.25) is 0 Å². The van der Waals surface area contributed by atoms with Crippen molar-refractivity contribution < 1.29 is 9.53 Å². The van der Waals surface area contributed by atoms with E-state index in [4.69, 9.17) is 4.74 Å². The molecule has 1 atom stereocenters. The molecule has 0 aromatic heterocycles. The minimum absolute atomic E-state index is 0.142. The van der Waals surface area contributed by atoms with Crippen molar-refractivity contribution in [2.24, 2.45) is 0 Å². The van der Waals surface area contributed by atoms with E-state index in [-0.39, 0.29) is 5.97 Å². The van der Waals surface area contributed by atoms with E-state index in [1.807, 2.05) is 31.2 Å². The van der Waals surface area contributed by atoms with Crippen LogP contribution < -0.4 is 5.32 Å². The molecule has 5 heteroatoms. The molecule has 1 aromatic carbocycles. The van der Waals surface area contributed by atoms with Gasteiger partial charge in [-0.15, -0.1) is 0 Å². The topological polar surface area (TPSA) is 41.6 Å². The lowest BCUT2D eigenvalue weighted by molar-refractivity contribution is -0.160. The van der Waals surface area contributed by atoms with Crippen LogP contribution in [0, 0.1) is 0 Å². The van der Waals surface area contributed by atoms with E-state index < -0.39 is 5.54 Å². The number of nitrogens with one attached hydrogen (secondary N) is 1. The summed E-state index contributed by atoms with van der Waals surface area (Å²) >= 11 is 3.46. The zero-order valence-corrected chi connectivity index (χ0v) is 14.3. The van der Waals surface area contributed by atoms with Crippen LogP contribution in [0.25, 0.3) is 0 Å². The molecule has 1 heterocycles. The lowest BCUT2D eigenvalue weighted by atomic mass is 9.84. The molecule has 2 rings (SSSR count). The van der Waals surface area contributed by atoms with Gasteiger partial charge in [0, 0.05) is 30.7 Å². The van der Waals surface area contributed by atoms with Crippen molar-refractivity contribution in [1.82, 2.24) is 10.2 Å². The maximum absolute atomic E-state index is 12.8. The number of carbonyl (C=O) groups is 1. The maximum Gasteiger partial charge on any atom is 0.331 e. The Hall–Kier alpha value is -0.910. The third-order valence-electron chi connectivity index (χ3n) is 4.10. The average molecular weight is 355 g/mol. The van der Waals surface area contributed by atoms with Crippen LogP contribution in [0.15, 0.2) is 28.7 Å². The number of ether oxygens (including phenoxy) is 1. The highest BCUT2D eigenvalue weighted by molar-refractivity contribution is 9.10. The molecule has 1 aromatic rings. The molecular formula is C16H23BrN2O2. The molecule has 0 bridgehead atoms. The van der Waals surface area contributed by atoms with E-state index in [1.165, 1.54) is 0 Å². The van der Waals surface area contributed by atoms with Gasteiger partial charge in [0.15, 0.2) is 0 Å². The van der Waals surface area contributed by atoms with E-state index in [0.717, 1.165) is 36.2 Å². The van der Waals surface area contributed by atoms with Gasteiger partial charge in [-0.2, -0.15) is 0 Å². The summed E-state index contributed by atoms with van der Waals surface area (Å²) in [5.41, 5.74) is 0.326. The van der Waals surface area contributed by atoms with Gasteiger partial charge in [-0.05, 0) is 31.0 Å². The van der Waals surface area contributed by atoms with E-state index in [1.54, 1.807) is 0 Å². The summed E-state index contributed by atoms with van der Waals surface area (Å²) in [6.45, 7) is 7.82. The van der Waals surface area contributed by atoms with Gasteiger partial charge in [0.05, 0.1) is 6.61 Å². The van der Waals surface area contributed by atoms with Crippen LogP contribution >= 0.6 is 15.9 Å². The molecule has 4 nitrogen and oxygen atoms in total. The van der Waals surface area contributed by atoms with Gasteiger partial charge in [-0.1, -0.05) is 35.0 Å². The maximum atomic E-state index is 12.8. The Labute approximate surface area is 135 Å². The number of carbonyl (C=O) groups excluding carboxylic acids is 1. The molecular weight excluding hydrogens is 332 g/mol. The van der Waals surface area contributed by atoms with Gasteiger partial charge in [-0.3, -0.25) is 4.90 Å². The van der Waals surface area contributed by atoms with E-state index >= 15 is 0 Å². The number of hydrogen-bond donors (Lipinski definition) is 1. The molecule has 0 amide bonds. The highest BCUT2D eigenvalue weighted by atomic mass is 79.9. The quantitative estimate of drug-likeness (QED) is 0.825. The second-order valence-electron chi connectivity index (χ2n) is 5.18. The van der Waals surface area contributed by atoms with Crippen molar-refractivity contribution in [1.29, 1.82) is 0 Å². The predicted molar refractivity (Wildman–Crippen MR) is 87.2 cm³/mol. The first kappa shape index (κ1) is 16.5. The molecule has 21 heavy (non-hydrogen) atoms. The fourth-order valence-electron chi connectivity index (χ4n) is 3.02. The molecule has 116 valence electrons. The largest absolute Gasteiger partial charge is 0.464 e. The van der Waals surface area contributed by atoms with Crippen molar-refractivity contribution in [3.63, 3.8) is 0 Å². The average Bonchev–Trinajstić information content (AvgIpc) is 2.52. The van der Waals surface area contributed by atoms with Crippen molar-refractivity contribution >= 4 is 21.9 Å². The third kappa shape index (κ3) is 3.30. The molecule has 0 aliphatic carbocycles. The van der Waals surface area contributed by atoms with Crippen LogP contribution in [-0.2, 0) is 15.1 Å². The van der Waals surface area contributed by atoms with E-state index in [9.17, 15) is 4.79 Å². The van der Waals surface area contributed by atoms with Crippen molar-refractivity contribution in [2.45, 2.75) is 25.8 Å². The second-order valence-corrected chi connectivity index (χ2v) is 6.09. The molecule has 0 radical (unpaired) electrons. The molecule has 1 aliphatic rings. The van der Waals surface area contributed by atoms with Gasteiger partial charge in [-0.25, -0.2) is 4.79 Å². The lowest BCUT2D eigenvalue weighted by Gasteiger charge is -2.43. The summed E-state index contributed by atoms with van der Waals surface area (Å²) in [5, 5.41) is 3.34. The molecule has 0 saturated carbocycles. The van der Waals surface area contributed by atoms with E-state index in [2.05, 4.69) is 33.1 Å².